The Morgan fingerprint density at radius 2 is 2.43 bits per heavy atom. The second kappa shape index (κ2) is 3.21. The first kappa shape index (κ1) is 8.87. The molecule has 74 valence electrons. The van der Waals surface area contributed by atoms with Gasteiger partial charge in [0.05, 0.1) is 7.11 Å². The zero-order valence-electron chi connectivity index (χ0n) is 7.69. The first-order chi connectivity index (χ1) is 6.72. The zero-order chi connectivity index (χ0) is 10.1. The van der Waals surface area contributed by atoms with Crippen molar-refractivity contribution in [1.29, 1.82) is 0 Å². The molecule has 0 bridgehead atoms. The summed E-state index contributed by atoms with van der Waals surface area (Å²) in [7, 11) is 1.53. The van der Waals surface area contributed by atoms with Crippen molar-refractivity contribution in [3.63, 3.8) is 0 Å². The standard InChI is InChI=1S/C10H10O4/c1-13-7-4-2-3-6-5-8(10(11)12)14-9(6)7/h2-4,8H,5H2,1H3,(H,11,12)/t8-/m1/s1. The number of methoxy groups -OCH3 is 1. The minimum atomic E-state index is -0.941. The van der Waals surface area contributed by atoms with Gasteiger partial charge in [0.15, 0.2) is 17.6 Å². The molecule has 0 saturated heterocycles. The summed E-state index contributed by atoms with van der Waals surface area (Å²) in [6.07, 6.45) is -0.372. The number of carboxylic acids is 1. The Bertz CT molecular complexity index is 372. The van der Waals surface area contributed by atoms with E-state index in [1.165, 1.54) is 7.11 Å². The van der Waals surface area contributed by atoms with Crippen LogP contribution in [0.5, 0.6) is 11.5 Å². The third-order valence-electron chi connectivity index (χ3n) is 2.22. The second-order valence-corrected chi connectivity index (χ2v) is 3.10. The molecule has 4 heteroatoms. The molecule has 1 aliphatic heterocycles. The fourth-order valence-corrected chi connectivity index (χ4v) is 1.54. The van der Waals surface area contributed by atoms with Crippen LogP contribution in [0.15, 0.2) is 18.2 Å². The van der Waals surface area contributed by atoms with Gasteiger partial charge >= 0.3 is 5.97 Å². The Morgan fingerprint density at radius 3 is 3.07 bits per heavy atom. The molecule has 1 aromatic rings. The summed E-state index contributed by atoms with van der Waals surface area (Å²) >= 11 is 0. The molecule has 2 rings (SSSR count). The van der Waals surface area contributed by atoms with Gasteiger partial charge in [-0.2, -0.15) is 0 Å². The molecule has 0 saturated carbocycles. The Balaban J connectivity index is 2.34. The van der Waals surface area contributed by atoms with Gasteiger partial charge < -0.3 is 14.6 Å². The number of fused-ring (bicyclic) bond motifs is 1. The van der Waals surface area contributed by atoms with E-state index in [1.54, 1.807) is 6.07 Å². The molecule has 1 heterocycles. The first-order valence-electron chi connectivity index (χ1n) is 4.27. The van der Waals surface area contributed by atoms with Gasteiger partial charge in [0, 0.05) is 12.0 Å². The quantitative estimate of drug-likeness (QED) is 0.765. The molecular formula is C10H10O4. The van der Waals surface area contributed by atoms with Crippen molar-refractivity contribution >= 4 is 5.97 Å². The lowest BCUT2D eigenvalue weighted by Crippen LogP contribution is -2.24. The smallest absolute Gasteiger partial charge is 0.345 e. The highest BCUT2D eigenvalue weighted by molar-refractivity contribution is 5.75. The van der Waals surface area contributed by atoms with Crippen molar-refractivity contribution in [3.05, 3.63) is 23.8 Å². The van der Waals surface area contributed by atoms with Crippen LogP contribution in [0.1, 0.15) is 5.56 Å². The number of hydrogen-bond donors (Lipinski definition) is 1. The van der Waals surface area contributed by atoms with Crippen molar-refractivity contribution in [3.8, 4) is 11.5 Å². The minimum absolute atomic E-state index is 0.405. The van der Waals surface area contributed by atoms with Gasteiger partial charge in [-0.25, -0.2) is 4.79 Å². The van der Waals surface area contributed by atoms with Crippen molar-refractivity contribution in [1.82, 2.24) is 0 Å². The Labute approximate surface area is 81.1 Å². The Hall–Kier alpha value is -1.71. The van der Waals surface area contributed by atoms with Gasteiger partial charge in [0.2, 0.25) is 0 Å². The van der Waals surface area contributed by atoms with Gasteiger partial charge in [-0.3, -0.25) is 0 Å². The normalized spacial score (nSPS) is 18.5. The van der Waals surface area contributed by atoms with Gasteiger partial charge in [-0.1, -0.05) is 12.1 Å². The molecule has 1 atom stereocenters. The number of aliphatic carboxylic acids is 1. The first-order valence-corrected chi connectivity index (χ1v) is 4.27. The molecule has 1 N–H and O–H groups in total. The lowest BCUT2D eigenvalue weighted by molar-refractivity contribution is -0.144. The lowest BCUT2D eigenvalue weighted by Gasteiger charge is -2.07. The fraction of sp³-hybridized carbons (Fsp3) is 0.300. The van der Waals surface area contributed by atoms with Crippen LogP contribution in [0.25, 0.3) is 0 Å². The second-order valence-electron chi connectivity index (χ2n) is 3.10. The molecule has 0 fully saturated rings. The molecule has 0 unspecified atom stereocenters. The highest BCUT2D eigenvalue weighted by Gasteiger charge is 2.30. The summed E-state index contributed by atoms with van der Waals surface area (Å²) in [5.74, 6) is 0.205. The van der Waals surface area contributed by atoms with Crippen LogP contribution in [0.3, 0.4) is 0 Å². The van der Waals surface area contributed by atoms with Crippen LogP contribution in [0.2, 0.25) is 0 Å². The predicted octanol–water partition coefficient (Wildman–Crippen LogP) is 1.08. The van der Waals surface area contributed by atoms with Crippen LogP contribution in [0, 0.1) is 0 Å². The van der Waals surface area contributed by atoms with Crippen LogP contribution in [-0.4, -0.2) is 24.3 Å². The molecule has 1 aliphatic rings. The molecule has 14 heavy (non-hydrogen) atoms. The fourth-order valence-electron chi connectivity index (χ4n) is 1.54. The van der Waals surface area contributed by atoms with Gasteiger partial charge in [-0.05, 0) is 6.07 Å². The highest BCUT2D eigenvalue weighted by atomic mass is 16.5. The number of hydrogen-bond acceptors (Lipinski definition) is 3. The summed E-state index contributed by atoms with van der Waals surface area (Å²) in [5.41, 5.74) is 0.886. The van der Waals surface area contributed by atoms with Crippen LogP contribution >= 0.6 is 0 Å². The van der Waals surface area contributed by atoms with E-state index in [9.17, 15) is 4.79 Å². The number of benzene rings is 1. The number of ether oxygens (including phenoxy) is 2. The summed E-state index contributed by atoms with van der Waals surface area (Å²) in [5, 5.41) is 8.78. The van der Waals surface area contributed by atoms with Crippen molar-refractivity contribution in [2.75, 3.05) is 7.11 Å². The van der Waals surface area contributed by atoms with Gasteiger partial charge in [0.25, 0.3) is 0 Å². The van der Waals surface area contributed by atoms with E-state index >= 15 is 0 Å². The SMILES string of the molecule is COc1cccc2c1O[C@@H](C(=O)O)C2. The number of carbonyl (C=O) groups is 1. The molecule has 0 radical (unpaired) electrons. The minimum Gasteiger partial charge on any atom is -0.493 e. The summed E-state index contributed by atoms with van der Waals surface area (Å²) < 4.78 is 10.3. The van der Waals surface area contributed by atoms with Crippen LogP contribution in [0.4, 0.5) is 0 Å². The average molecular weight is 194 g/mol. The number of para-hydroxylation sites is 1. The monoisotopic (exact) mass is 194 g/mol. The molecule has 0 amide bonds. The van der Waals surface area contributed by atoms with E-state index < -0.39 is 12.1 Å². The van der Waals surface area contributed by atoms with E-state index in [0.717, 1.165) is 5.56 Å². The molecule has 1 aromatic carbocycles. The van der Waals surface area contributed by atoms with E-state index in [4.69, 9.17) is 14.6 Å². The maximum atomic E-state index is 10.7. The highest BCUT2D eigenvalue weighted by Crippen LogP contribution is 2.37. The summed E-state index contributed by atoms with van der Waals surface area (Å²) in [4.78, 5) is 10.7. The third kappa shape index (κ3) is 1.28. The maximum absolute atomic E-state index is 10.7. The number of rotatable bonds is 2. The van der Waals surface area contributed by atoms with E-state index in [1.807, 2.05) is 12.1 Å². The number of carboxylic acid groups (broad SMARTS) is 1. The van der Waals surface area contributed by atoms with Crippen molar-refractivity contribution in [2.24, 2.45) is 0 Å². The van der Waals surface area contributed by atoms with Gasteiger partial charge in [-0.15, -0.1) is 0 Å². The van der Waals surface area contributed by atoms with Crippen LogP contribution < -0.4 is 9.47 Å². The van der Waals surface area contributed by atoms with Crippen molar-refractivity contribution in [2.45, 2.75) is 12.5 Å². The molecule has 0 aliphatic carbocycles. The lowest BCUT2D eigenvalue weighted by atomic mass is 10.1. The summed E-state index contributed by atoms with van der Waals surface area (Å²) in [6, 6.07) is 5.43. The van der Waals surface area contributed by atoms with E-state index in [2.05, 4.69) is 0 Å². The molecule has 0 spiro atoms. The topological polar surface area (TPSA) is 55.8 Å². The third-order valence-corrected chi connectivity index (χ3v) is 2.22. The van der Waals surface area contributed by atoms with E-state index in [0.29, 0.717) is 17.9 Å². The van der Waals surface area contributed by atoms with E-state index in [-0.39, 0.29) is 0 Å². The Kier molecular flexibility index (Phi) is 2.04. The van der Waals surface area contributed by atoms with Crippen LogP contribution in [-0.2, 0) is 11.2 Å². The predicted molar refractivity (Wildman–Crippen MR) is 48.7 cm³/mol. The molecular weight excluding hydrogens is 184 g/mol. The zero-order valence-corrected chi connectivity index (χ0v) is 7.69. The van der Waals surface area contributed by atoms with Crippen molar-refractivity contribution < 1.29 is 19.4 Å². The molecule has 0 aromatic heterocycles. The average Bonchev–Trinajstić information content (AvgIpc) is 2.60. The largest absolute Gasteiger partial charge is 0.493 e. The van der Waals surface area contributed by atoms with Gasteiger partial charge in [0.1, 0.15) is 0 Å². The molecule has 4 nitrogen and oxygen atoms in total. The maximum Gasteiger partial charge on any atom is 0.345 e. The summed E-state index contributed by atoms with van der Waals surface area (Å²) in [6.45, 7) is 0. The Morgan fingerprint density at radius 1 is 1.64 bits per heavy atom.